The van der Waals surface area contributed by atoms with E-state index in [0.717, 1.165) is 42.2 Å². The SMILES string of the molecule is Clc1ccc2c(c1)cc(Br)c1oc3ccccc3c12. The Morgan fingerprint density at radius 2 is 1.79 bits per heavy atom. The van der Waals surface area contributed by atoms with Gasteiger partial charge < -0.3 is 4.42 Å². The quantitative estimate of drug-likeness (QED) is 0.376. The molecule has 0 bridgehead atoms. The van der Waals surface area contributed by atoms with Crippen LogP contribution in [0.25, 0.3) is 32.7 Å². The summed E-state index contributed by atoms with van der Waals surface area (Å²) in [5.41, 5.74) is 1.79. The van der Waals surface area contributed by atoms with E-state index in [1.807, 2.05) is 36.4 Å². The predicted molar refractivity (Wildman–Crippen MR) is 83.9 cm³/mol. The Hall–Kier alpha value is -1.51. The summed E-state index contributed by atoms with van der Waals surface area (Å²) in [5.74, 6) is 0. The van der Waals surface area contributed by atoms with E-state index in [4.69, 9.17) is 16.0 Å². The topological polar surface area (TPSA) is 13.1 Å². The molecule has 1 heterocycles. The van der Waals surface area contributed by atoms with Crippen LogP contribution in [0.5, 0.6) is 0 Å². The van der Waals surface area contributed by atoms with Gasteiger partial charge in [0.25, 0.3) is 0 Å². The van der Waals surface area contributed by atoms with Gasteiger partial charge in [-0.25, -0.2) is 0 Å². The third-order valence-electron chi connectivity index (χ3n) is 3.38. The second kappa shape index (κ2) is 3.99. The monoisotopic (exact) mass is 330 g/mol. The first-order valence-corrected chi connectivity index (χ1v) is 7.10. The standard InChI is InChI=1S/C16H8BrClO/c17-13-8-9-7-10(18)5-6-11(9)15-12-3-1-2-4-14(12)19-16(13)15/h1-8H. The number of hydrogen-bond donors (Lipinski definition) is 0. The molecule has 3 aromatic carbocycles. The van der Waals surface area contributed by atoms with E-state index in [-0.39, 0.29) is 0 Å². The van der Waals surface area contributed by atoms with Crippen LogP contribution in [0.2, 0.25) is 5.02 Å². The van der Waals surface area contributed by atoms with Crippen molar-refractivity contribution in [1.29, 1.82) is 0 Å². The molecule has 0 saturated heterocycles. The second-order valence-corrected chi connectivity index (χ2v) is 5.82. The summed E-state index contributed by atoms with van der Waals surface area (Å²) in [4.78, 5) is 0. The highest BCUT2D eigenvalue weighted by Gasteiger charge is 2.13. The van der Waals surface area contributed by atoms with E-state index in [0.29, 0.717) is 0 Å². The number of para-hydroxylation sites is 1. The minimum atomic E-state index is 0.742. The Labute approximate surface area is 122 Å². The molecule has 19 heavy (non-hydrogen) atoms. The molecule has 0 radical (unpaired) electrons. The van der Waals surface area contributed by atoms with Crippen LogP contribution >= 0.6 is 27.5 Å². The summed E-state index contributed by atoms with van der Waals surface area (Å²) in [6, 6.07) is 16.1. The lowest BCUT2D eigenvalue weighted by atomic mass is 10.0. The van der Waals surface area contributed by atoms with Crippen molar-refractivity contribution in [3.8, 4) is 0 Å². The highest BCUT2D eigenvalue weighted by molar-refractivity contribution is 9.10. The molecular weight excluding hydrogens is 324 g/mol. The Kier molecular flexibility index (Phi) is 2.38. The lowest BCUT2D eigenvalue weighted by Gasteiger charge is -2.02. The van der Waals surface area contributed by atoms with Gasteiger partial charge in [0.15, 0.2) is 0 Å². The van der Waals surface area contributed by atoms with Gasteiger partial charge >= 0.3 is 0 Å². The minimum Gasteiger partial charge on any atom is -0.455 e. The third kappa shape index (κ3) is 1.60. The van der Waals surface area contributed by atoms with Gasteiger partial charge in [-0.05, 0) is 51.0 Å². The van der Waals surface area contributed by atoms with Crippen molar-refractivity contribution in [1.82, 2.24) is 0 Å². The van der Waals surface area contributed by atoms with Crippen molar-refractivity contribution in [3.63, 3.8) is 0 Å². The molecule has 4 aromatic rings. The molecule has 3 heteroatoms. The van der Waals surface area contributed by atoms with E-state index in [1.165, 1.54) is 0 Å². The largest absolute Gasteiger partial charge is 0.455 e. The number of hydrogen-bond acceptors (Lipinski definition) is 1. The fourth-order valence-corrected chi connectivity index (χ4v) is 3.27. The van der Waals surface area contributed by atoms with Crippen LogP contribution in [0, 0.1) is 0 Å². The van der Waals surface area contributed by atoms with Gasteiger partial charge in [-0.1, -0.05) is 35.9 Å². The van der Waals surface area contributed by atoms with E-state index in [9.17, 15) is 0 Å². The molecular formula is C16H8BrClO. The van der Waals surface area contributed by atoms with Gasteiger partial charge in [0.05, 0.1) is 4.47 Å². The van der Waals surface area contributed by atoms with Crippen molar-refractivity contribution in [2.24, 2.45) is 0 Å². The van der Waals surface area contributed by atoms with Crippen molar-refractivity contribution in [2.75, 3.05) is 0 Å². The molecule has 0 spiro atoms. The molecule has 0 N–H and O–H groups in total. The Morgan fingerprint density at radius 3 is 2.68 bits per heavy atom. The summed E-state index contributed by atoms with van der Waals surface area (Å²) in [6.07, 6.45) is 0. The van der Waals surface area contributed by atoms with E-state index < -0.39 is 0 Å². The van der Waals surface area contributed by atoms with Gasteiger partial charge in [-0.15, -0.1) is 0 Å². The molecule has 4 rings (SSSR count). The summed E-state index contributed by atoms with van der Waals surface area (Å²) < 4.78 is 6.89. The maximum atomic E-state index is 6.08. The van der Waals surface area contributed by atoms with Crippen LogP contribution < -0.4 is 0 Å². The van der Waals surface area contributed by atoms with Crippen molar-refractivity contribution >= 4 is 60.2 Å². The molecule has 0 amide bonds. The van der Waals surface area contributed by atoms with E-state index in [2.05, 4.69) is 28.1 Å². The third-order valence-corrected chi connectivity index (χ3v) is 4.20. The van der Waals surface area contributed by atoms with Crippen LogP contribution in [0.1, 0.15) is 0 Å². The molecule has 1 nitrogen and oxygen atoms in total. The average molecular weight is 332 g/mol. The van der Waals surface area contributed by atoms with Gasteiger partial charge in [0.2, 0.25) is 0 Å². The summed E-state index contributed by atoms with van der Waals surface area (Å²) in [7, 11) is 0. The van der Waals surface area contributed by atoms with Crippen molar-refractivity contribution in [3.05, 3.63) is 58.0 Å². The molecule has 92 valence electrons. The van der Waals surface area contributed by atoms with Crippen molar-refractivity contribution < 1.29 is 4.42 Å². The fourth-order valence-electron chi connectivity index (χ4n) is 2.56. The summed E-state index contributed by atoms with van der Waals surface area (Å²) in [5, 5.41) is 5.28. The van der Waals surface area contributed by atoms with Crippen LogP contribution in [0.4, 0.5) is 0 Å². The zero-order chi connectivity index (χ0) is 13.0. The van der Waals surface area contributed by atoms with Crippen LogP contribution in [0.3, 0.4) is 0 Å². The molecule has 0 atom stereocenters. The maximum absolute atomic E-state index is 6.08. The van der Waals surface area contributed by atoms with E-state index >= 15 is 0 Å². The van der Waals surface area contributed by atoms with Gasteiger partial charge in [0.1, 0.15) is 11.2 Å². The van der Waals surface area contributed by atoms with Crippen LogP contribution in [0.15, 0.2) is 57.4 Å². The predicted octanol–water partition coefficient (Wildman–Crippen LogP) is 6.16. The lowest BCUT2D eigenvalue weighted by Crippen LogP contribution is -1.76. The zero-order valence-corrected chi connectivity index (χ0v) is 12.1. The molecule has 0 unspecified atom stereocenters. The average Bonchev–Trinajstić information content (AvgIpc) is 2.79. The van der Waals surface area contributed by atoms with Crippen molar-refractivity contribution in [2.45, 2.75) is 0 Å². The number of benzene rings is 3. The minimum absolute atomic E-state index is 0.742. The molecule has 0 aliphatic carbocycles. The summed E-state index contributed by atoms with van der Waals surface area (Å²) in [6.45, 7) is 0. The molecule has 0 fully saturated rings. The maximum Gasteiger partial charge on any atom is 0.150 e. The van der Waals surface area contributed by atoms with Gasteiger partial charge in [-0.2, -0.15) is 0 Å². The lowest BCUT2D eigenvalue weighted by molar-refractivity contribution is 0.667. The highest BCUT2D eigenvalue weighted by Crippen LogP contribution is 2.39. The first-order valence-electron chi connectivity index (χ1n) is 5.93. The fraction of sp³-hybridized carbons (Fsp3) is 0. The Balaban J connectivity index is 2.36. The first-order chi connectivity index (χ1) is 9.24. The second-order valence-electron chi connectivity index (χ2n) is 4.53. The molecule has 0 saturated carbocycles. The normalized spacial score (nSPS) is 11.7. The van der Waals surface area contributed by atoms with Gasteiger partial charge in [-0.3, -0.25) is 0 Å². The number of furan rings is 1. The van der Waals surface area contributed by atoms with Crippen LogP contribution in [-0.2, 0) is 0 Å². The zero-order valence-electron chi connectivity index (χ0n) is 9.78. The first kappa shape index (κ1) is 11.3. The smallest absolute Gasteiger partial charge is 0.150 e. The Bertz CT molecular complexity index is 940. The molecule has 1 aromatic heterocycles. The highest BCUT2D eigenvalue weighted by atomic mass is 79.9. The Morgan fingerprint density at radius 1 is 0.947 bits per heavy atom. The molecule has 0 aliphatic heterocycles. The number of rotatable bonds is 0. The van der Waals surface area contributed by atoms with Crippen LogP contribution in [-0.4, -0.2) is 0 Å². The summed E-state index contributed by atoms with van der Waals surface area (Å²) >= 11 is 9.66. The van der Waals surface area contributed by atoms with Gasteiger partial charge in [0, 0.05) is 15.8 Å². The van der Waals surface area contributed by atoms with E-state index in [1.54, 1.807) is 0 Å². The number of halogens is 2. The number of fused-ring (bicyclic) bond motifs is 5. The molecule has 0 aliphatic rings.